The van der Waals surface area contributed by atoms with Gasteiger partial charge >= 0.3 is 0 Å². The molecule has 1 aromatic carbocycles. The van der Waals surface area contributed by atoms with Gasteiger partial charge in [0, 0.05) is 18.4 Å². The fourth-order valence-corrected chi connectivity index (χ4v) is 4.43. The van der Waals surface area contributed by atoms with Gasteiger partial charge in [0.25, 0.3) is 0 Å². The first-order chi connectivity index (χ1) is 15.3. The number of hydrogen-bond acceptors (Lipinski definition) is 6. The molecule has 7 nitrogen and oxygen atoms in total. The van der Waals surface area contributed by atoms with Gasteiger partial charge in [-0.25, -0.2) is 15.0 Å². The van der Waals surface area contributed by atoms with E-state index in [1.807, 2.05) is 28.8 Å². The second kappa shape index (κ2) is 7.69. The number of likely N-dealkylation sites (tertiary alicyclic amines) is 1. The van der Waals surface area contributed by atoms with E-state index in [0.29, 0.717) is 28.9 Å². The molecule has 1 aliphatic heterocycles. The Bertz CT molecular complexity index is 1270. The van der Waals surface area contributed by atoms with Crippen molar-refractivity contribution in [2.75, 3.05) is 25.9 Å². The highest BCUT2D eigenvalue weighted by molar-refractivity contribution is 5.83. The van der Waals surface area contributed by atoms with Gasteiger partial charge in [0.15, 0.2) is 11.5 Å². The highest BCUT2D eigenvalue weighted by Gasteiger charge is 2.24. The smallest absolute Gasteiger partial charge is 0.165 e. The minimum absolute atomic E-state index is 0.414. The zero-order chi connectivity index (χ0) is 22.5. The van der Waals surface area contributed by atoms with Gasteiger partial charge in [0.05, 0.1) is 11.3 Å². The highest BCUT2D eigenvalue weighted by Crippen LogP contribution is 2.33. The predicted octanol–water partition coefficient (Wildman–Crippen LogP) is 3.71. The van der Waals surface area contributed by atoms with Crippen molar-refractivity contribution < 1.29 is 5.11 Å². The molecule has 0 amide bonds. The van der Waals surface area contributed by atoms with Crippen molar-refractivity contribution in [1.82, 2.24) is 24.4 Å². The lowest BCUT2D eigenvalue weighted by molar-refractivity contribution is 0.0741. The minimum atomic E-state index is -1.06. The SMILES string of the molecule is CN1CCC(c2ccc(-n3c(-c4cccnc4N)nc4ccc(C(C)(C)O)nc43)cc2)C1. The van der Waals surface area contributed by atoms with Crippen molar-refractivity contribution in [1.29, 1.82) is 0 Å². The molecule has 32 heavy (non-hydrogen) atoms. The second-order valence-corrected chi connectivity index (χ2v) is 9.14. The number of nitrogens with two attached hydrogens (primary N) is 1. The zero-order valence-electron chi connectivity index (χ0n) is 18.7. The molecule has 164 valence electrons. The van der Waals surface area contributed by atoms with Crippen LogP contribution in [0.25, 0.3) is 28.2 Å². The molecular weight excluding hydrogens is 400 g/mol. The van der Waals surface area contributed by atoms with Crippen molar-refractivity contribution in [3.8, 4) is 17.1 Å². The largest absolute Gasteiger partial charge is 0.384 e. The van der Waals surface area contributed by atoms with Gasteiger partial charge in [0.2, 0.25) is 0 Å². The van der Waals surface area contributed by atoms with Gasteiger partial charge in [-0.1, -0.05) is 12.1 Å². The van der Waals surface area contributed by atoms with Crippen LogP contribution in [0.1, 0.15) is 37.4 Å². The third-order valence-electron chi connectivity index (χ3n) is 6.22. The van der Waals surface area contributed by atoms with Crippen LogP contribution in [0.2, 0.25) is 0 Å². The van der Waals surface area contributed by atoms with E-state index in [0.717, 1.165) is 29.9 Å². The number of pyridine rings is 2. The van der Waals surface area contributed by atoms with Gasteiger partial charge in [0.1, 0.15) is 16.9 Å². The van der Waals surface area contributed by atoms with Gasteiger partial charge in [-0.05, 0) is 81.7 Å². The first-order valence-corrected chi connectivity index (χ1v) is 10.9. The predicted molar refractivity (Wildman–Crippen MR) is 127 cm³/mol. The molecule has 4 aromatic rings. The number of imidazole rings is 1. The summed E-state index contributed by atoms with van der Waals surface area (Å²) < 4.78 is 2.00. The van der Waals surface area contributed by atoms with E-state index >= 15 is 0 Å². The summed E-state index contributed by atoms with van der Waals surface area (Å²) in [5.41, 5.74) is 10.2. The van der Waals surface area contributed by atoms with Crippen molar-refractivity contribution in [3.63, 3.8) is 0 Å². The average Bonchev–Trinajstić information content (AvgIpc) is 3.36. The van der Waals surface area contributed by atoms with Crippen LogP contribution in [-0.4, -0.2) is 49.7 Å². The molecule has 0 saturated carbocycles. The summed E-state index contributed by atoms with van der Waals surface area (Å²) in [6, 6.07) is 16.1. The first-order valence-electron chi connectivity index (χ1n) is 10.9. The van der Waals surface area contributed by atoms with Crippen molar-refractivity contribution >= 4 is 17.0 Å². The van der Waals surface area contributed by atoms with Crippen LogP contribution < -0.4 is 5.73 Å². The maximum Gasteiger partial charge on any atom is 0.165 e. The lowest BCUT2D eigenvalue weighted by Gasteiger charge is -2.17. The Balaban J connectivity index is 1.69. The van der Waals surface area contributed by atoms with Gasteiger partial charge in [-0.3, -0.25) is 4.57 Å². The van der Waals surface area contributed by atoms with E-state index in [4.69, 9.17) is 15.7 Å². The quantitative estimate of drug-likeness (QED) is 0.515. The Labute approximate surface area is 187 Å². The molecule has 0 aliphatic carbocycles. The molecule has 7 heteroatoms. The number of rotatable bonds is 4. The zero-order valence-corrected chi connectivity index (χ0v) is 18.7. The molecule has 1 unspecified atom stereocenters. The topological polar surface area (TPSA) is 93.1 Å². The standard InChI is InChI=1S/C25H28N6O/c1-25(2,32)21-11-10-20-24(29-21)31(23(28-20)19-5-4-13-27-22(19)26)18-8-6-16(7-9-18)17-12-14-30(3)15-17/h4-11,13,17,32H,12,14-15H2,1-3H3,(H2,26,27). The van der Waals surface area contributed by atoms with E-state index in [-0.39, 0.29) is 0 Å². The van der Waals surface area contributed by atoms with Gasteiger partial charge < -0.3 is 15.7 Å². The summed E-state index contributed by atoms with van der Waals surface area (Å²) in [4.78, 5) is 16.3. The summed E-state index contributed by atoms with van der Waals surface area (Å²) in [5, 5.41) is 10.5. The van der Waals surface area contributed by atoms with Gasteiger partial charge in [-0.2, -0.15) is 0 Å². The van der Waals surface area contributed by atoms with Crippen LogP contribution in [0.5, 0.6) is 0 Å². The molecule has 5 rings (SSSR count). The van der Waals surface area contributed by atoms with E-state index < -0.39 is 5.60 Å². The number of aliphatic hydroxyl groups is 1. The van der Waals surface area contributed by atoms with Crippen molar-refractivity contribution in [2.24, 2.45) is 0 Å². The Morgan fingerprint density at radius 1 is 1.06 bits per heavy atom. The summed E-state index contributed by atoms with van der Waals surface area (Å²) in [6.45, 7) is 5.68. The van der Waals surface area contributed by atoms with E-state index in [9.17, 15) is 5.11 Å². The van der Waals surface area contributed by atoms with Crippen LogP contribution in [0.3, 0.4) is 0 Å². The Kier molecular flexibility index (Phi) is 4.95. The fraction of sp³-hybridized carbons (Fsp3) is 0.320. The monoisotopic (exact) mass is 428 g/mol. The molecule has 1 fully saturated rings. The maximum atomic E-state index is 10.5. The molecule has 1 atom stereocenters. The van der Waals surface area contributed by atoms with E-state index in [1.165, 1.54) is 12.0 Å². The average molecular weight is 429 g/mol. The summed E-state index contributed by atoms with van der Waals surface area (Å²) in [5.74, 6) is 1.65. The lowest BCUT2D eigenvalue weighted by Crippen LogP contribution is -2.17. The fourth-order valence-electron chi connectivity index (χ4n) is 4.43. The van der Waals surface area contributed by atoms with Crippen molar-refractivity contribution in [2.45, 2.75) is 31.8 Å². The molecule has 0 radical (unpaired) electrons. The normalized spacial score (nSPS) is 17.3. The summed E-state index contributed by atoms with van der Waals surface area (Å²) in [7, 11) is 2.17. The number of nitrogens with zero attached hydrogens (tertiary/aromatic N) is 5. The number of likely N-dealkylation sites (N-methyl/N-ethyl adjacent to an activating group) is 1. The van der Waals surface area contributed by atoms with Gasteiger partial charge in [-0.15, -0.1) is 0 Å². The molecule has 0 spiro atoms. The second-order valence-electron chi connectivity index (χ2n) is 9.14. The summed E-state index contributed by atoms with van der Waals surface area (Å²) >= 11 is 0. The van der Waals surface area contributed by atoms with Crippen molar-refractivity contribution in [3.05, 3.63) is 66.0 Å². The summed E-state index contributed by atoms with van der Waals surface area (Å²) in [6.07, 6.45) is 2.85. The Morgan fingerprint density at radius 2 is 1.84 bits per heavy atom. The van der Waals surface area contributed by atoms with E-state index in [2.05, 4.69) is 41.2 Å². The molecular formula is C25H28N6O. The van der Waals surface area contributed by atoms with Crippen LogP contribution >= 0.6 is 0 Å². The molecule has 3 N–H and O–H groups in total. The lowest BCUT2D eigenvalue weighted by atomic mass is 9.98. The maximum absolute atomic E-state index is 10.5. The number of nitrogen functional groups attached to an aromatic ring is 1. The molecule has 4 heterocycles. The third-order valence-corrected chi connectivity index (χ3v) is 6.22. The van der Waals surface area contributed by atoms with E-state index in [1.54, 1.807) is 20.0 Å². The number of anilines is 1. The highest BCUT2D eigenvalue weighted by atomic mass is 16.3. The number of aromatic nitrogens is 4. The molecule has 1 aliphatic rings. The minimum Gasteiger partial charge on any atom is -0.384 e. The third kappa shape index (κ3) is 3.63. The first kappa shape index (κ1) is 20.6. The number of fused-ring (bicyclic) bond motifs is 1. The van der Waals surface area contributed by atoms with Crippen LogP contribution in [0.4, 0.5) is 5.82 Å². The molecule has 1 saturated heterocycles. The Morgan fingerprint density at radius 3 is 2.50 bits per heavy atom. The van der Waals surface area contributed by atoms with Crippen LogP contribution in [0, 0.1) is 0 Å². The molecule has 0 bridgehead atoms. The van der Waals surface area contributed by atoms with Crippen LogP contribution in [0.15, 0.2) is 54.7 Å². The molecule has 3 aromatic heterocycles. The number of benzene rings is 1. The Hall–Kier alpha value is -3.29. The number of hydrogen-bond donors (Lipinski definition) is 2. The van der Waals surface area contributed by atoms with Crippen LogP contribution in [-0.2, 0) is 5.60 Å².